The molecule has 0 saturated carbocycles. The molecule has 5 nitrogen and oxygen atoms in total. The SMILES string of the molecule is CC(C)Cc1ccc(-c2ccc(C(=O)NCc3ccn4ccnc4c3)o2)cc1. The lowest BCUT2D eigenvalue weighted by atomic mass is 10.0. The fraction of sp³-hybridized carbons (Fsp3) is 0.217. The molecule has 0 radical (unpaired) electrons. The highest BCUT2D eigenvalue weighted by Gasteiger charge is 2.12. The van der Waals surface area contributed by atoms with E-state index < -0.39 is 0 Å². The van der Waals surface area contributed by atoms with Crippen LogP contribution < -0.4 is 5.32 Å². The molecule has 0 aliphatic heterocycles. The third-order valence-corrected chi connectivity index (χ3v) is 4.63. The number of pyridine rings is 1. The highest BCUT2D eigenvalue weighted by Crippen LogP contribution is 2.23. The molecule has 1 aromatic carbocycles. The smallest absolute Gasteiger partial charge is 0.287 e. The molecule has 28 heavy (non-hydrogen) atoms. The number of benzene rings is 1. The lowest BCUT2D eigenvalue weighted by Crippen LogP contribution is -2.22. The van der Waals surface area contributed by atoms with E-state index in [-0.39, 0.29) is 5.91 Å². The molecular weight excluding hydrogens is 350 g/mol. The van der Waals surface area contributed by atoms with Gasteiger partial charge in [-0.25, -0.2) is 4.98 Å². The highest BCUT2D eigenvalue weighted by atomic mass is 16.3. The molecule has 0 aliphatic carbocycles. The second-order valence-electron chi connectivity index (χ2n) is 7.37. The zero-order valence-electron chi connectivity index (χ0n) is 16.1. The molecule has 0 bridgehead atoms. The summed E-state index contributed by atoms with van der Waals surface area (Å²) in [5, 5.41) is 2.90. The van der Waals surface area contributed by atoms with Crippen molar-refractivity contribution in [2.75, 3.05) is 0 Å². The summed E-state index contributed by atoms with van der Waals surface area (Å²) in [4.78, 5) is 16.7. The van der Waals surface area contributed by atoms with E-state index >= 15 is 0 Å². The van der Waals surface area contributed by atoms with E-state index in [0.717, 1.165) is 23.2 Å². The van der Waals surface area contributed by atoms with Gasteiger partial charge in [0.25, 0.3) is 5.91 Å². The zero-order valence-corrected chi connectivity index (χ0v) is 16.1. The molecule has 0 unspecified atom stereocenters. The number of amides is 1. The summed E-state index contributed by atoms with van der Waals surface area (Å²) in [6.45, 7) is 4.83. The number of hydrogen-bond acceptors (Lipinski definition) is 3. The van der Waals surface area contributed by atoms with Crippen LogP contribution in [0.25, 0.3) is 17.0 Å². The van der Waals surface area contributed by atoms with Gasteiger partial charge in [0.2, 0.25) is 0 Å². The van der Waals surface area contributed by atoms with Crippen molar-refractivity contribution in [2.45, 2.75) is 26.8 Å². The maximum absolute atomic E-state index is 12.4. The summed E-state index contributed by atoms with van der Waals surface area (Å²) in [6, 6.07) is 15.8. The third-order valence-electron chi connectivity index (χ3n) is 4.63. The van der Waals surface area contributed by atoms with Gasteiger partial charge in [0, 0.05) is 30.7 Å². The van der Waals surface area contributed by atoms with Gasteiger partial charge in [0.15, 0.2) is 5.76 Å². The van der Waals surface area contributed by atoms with Gasteiger partial charge in [-0.3, -0.25) is 4.79 Å². The van der Waals surface area contributed by atoms with Crippen LogP contribution in [0.3, 0.4) is 0 Å². The number of nitrogens with zero attached hydrogens (tertiary/aromatic N) is 2. The van der Waals surface area contributed by atoms with Crippen LogP contribution >= 0.6 is 0 Å². The molecule has 0 fully saturated rings. The number of furan rings is 1. The molecule has 0 atom stereocenters. The number of fused-ring (bicyclic) bond motifs is 1. The summed E-state index contributed by atoms with van der Waals surface area (Å²) in [5.41, 5.74) is 4.11. The first-order chi connectivity index (χ1) is 13.6. The van der Waals surface area contributed by atoms with E-state index in [0.29, 0.717) is 24.0 Å². The fourth-order valence-corrected chi connectivity index (χ4v) is 3.22. The average Bonchev–Trinajstić information content (AvgIpc) is 3.35. The average molecular weight is 373 g/mol. The lowest BCUT2D eigenvalue weighted by molar-refractivity contribution is 0.0924. The van der Waals surface area contributed by atoms with Crippen LogP contribution in [0.4, 0.5) is 0 Å². The lowest BCUT2D eigenvalue weighted by Gasteiger charge is -2.06. The van der Waals surface area contributed by atoms with Gasteiger partial charge >= 0.3 is 0 Å². The van der Waals surface area contributed by atoms with Crippen molar-refractivity contribution < 1.29 is 9.21 Å². The Balaban J connectivity index is 1.40. The van der Waals surface area contributed by atoms with Gasteiger partial charge in [-0.15, -0.1) is 0 Å². The fourth-order valence-electron chi connectivity index (χ4n) is 3.22. The van der Waals surface area contributed by atoms with E-state index in [1.54, 1.807) is 12.3 Å². The first kappa shape index (κ1) is 18.0. The molecule has 4 rings (SSSR count). The van der Waals surface area contributed by atoms with Gasteiger partial charge in [-0.05, 0) is 47.7 Å². The Hall–Kier alpha value is -3.34. The summed E-state index contributed by atoms with van der Waals surface area (Å²) >= 11 is 0. The molecule has 3 aromatic heterocycles. The van der Waals surface area contributed by atoms with Crippen molar-refractivity contribution >= 4 is 11.6 Å². The summed E-state index contributed by atoms with van der Waals surface area (Å²) < 4.78 is 7.70. The van der Waals surface area contributed by atoms with E-state index in [1.165, 1.54) is 5.56 Å². The van der Waals surface area contributed by atoms with E-state index in [2.05, 4.69) is 36.3 Å². The quantitative estimate of drug-likeness (QED) is 0.532. The monoisotopic (exact) mass is 373 g/mol. The Labute approximate surface area is 164 Å². The Morgan fingerprint density at radius 1 is 1.07 bits per heavy atom. The van der Waals surface area contributed by atoms with Crippen molar-refractivity contribution in [2.24, 2.45) is 5.92 Å². The molecule has 3 heterocycles. The standard InChI is InChI=1S/C23H23N3O2/c1-16(2)13-17-3-5-19(6-4-17)20-7-8-21(28-20)23(27)25-15-18-9-11-26-12-10-24-22(26)14-18/h3-12,14,16H,13,15H2,1-2H3,(H,25,27). The van der Waals surface area contributed by atoms with Gasteiger partial charge in [-0.1, -0.05) is 38.1 Å². The normalized spacial score (nSPS) is 11.2. The maximum Gasteiger partial charge on any atom is 0.287 e. The van der Waals surface area contributed by atoms with Gasteiger partial charge in [0.1, 0.15) is 11.4 Å². The van der Waals surface area contributed by atoms with Crippen LogP contribution in [0.5, 0.6) is 0 Å². The minimum atomic E-state index is -0.231. The van der Waals surface area contributed by atoms with Crippen molar-refractivity contribution in [3.05, 3.63) is 84.0 Å². The predicted octanol–water partition coefficient (Wildman–Crippen LogP) is 4.72. The Bertz CT molecular complexity index is 1090. The molecule has 5 heteroatoms. The van der Waals surface area contributed by atoms with E-state index in [9.17, 15) is 4.79 Å². The number of carbonyl (C=O) groups excluding carboxylic acids is 1. The molecule has 142 valence electrons. The van der Waals surface area contributed by atoms with Gasteiger partial charge < -0.3 is 14.1 Å². The summed E-state index contributed by atoms with van der Waals surface area (Å²) in [7, 11) is 0. The van der Waals surface area contributed by atoms with Crippen LogP contribution in [0.2, 0.25) is 0 Å². The van der Waals surface area contributed by atoms with Gasteiger partial charge in [0.05, 0.1) is 0 Å². The Morgan fingerprint density at radius 3 is 2.68 bits per heavy atom. The predicted molar refractivity (Wildman–Crippen MR) is 109 cm³/mol. The second-order valence-corrected chi connectivity index (χ2v) is 7.37. The first-order valence-electron chi connectivity index (χ1n) is 9.47. The number of hydrogen-bond donors (Lipinski definition) is 1. The van der Waals surface area contributed by atoms with Gasteiger partial charge in [-0.2, -0.15) is 0 Å². The molecule has 4 aromatic rings. The number of rotatable bonds is 6. The summed E-state index contributed by atoms with van der Waals surface area (Å²) in [5.74, 6) is 1.40. The van der Waals surface area contributed by atoms with Crippen LogP contribution in [0, 0.1) is 5.92 Å². The minimum Gasteiger partial charge on any atom is -0.451 e. The van der Waals surface area contributed by atoms with Crippen LogP contribution in [0.15, 0.2) is 71.5 Å². The number of carbonyl (C=O) groups is 1. The first-order valence-corrected chi connectivity index (χ1v) is 9.47. The maximum atomic E-state index is 12.4. The van der Waals surface area contributed by atoms with Crippen molar-refractivity contribution in [1.29, 1.82) is 0 Å². The van der Waals surface area contributed by atoms with Crippen LogP contribution in [-0.2, 0) is 13.0 Å². The number of imidazole rings is 1. The molecule has 0 spiro atoms. The Kier molecular flexibility index (Phi) is 4.98. The van der Waals surface area contributed by atoms with Crippen molar-refractivity contribution in [3.63, 3.8) is 0 Å². The molecule has 0 aliphatic rings. The highest BCUT2D eigenvalue weighted by molar-refractivity contribution is 5.92. The number of aromatic nitrogens is 2. The second kappa shape index (κ2) is 7.72. The van der Waals surface area contributed by atoms with E-state index in [1.807, 2.05) is 47.1 Å². The Morgan fingerprint density at radius 2 is 1.89 bits per heavy atom. The summed E-state index contributed by atoms with van der Waals surface area (Å²) in [6.07, 6.45) is 6.61. The molecule has 0 saturated heterocycles. The van der Waals surface area contributed by atoms with Crippen LogP contribution in [-0.4, -0.2) is 15.3 Å². The van der Waals surface area contributed by atoms with Crippen LogP contribution in [0.1, 0.15) is 35.5 Å². The zero-order chi connectivity index (χ0) is 19.5. The molecular formula is C23H23N3O2. The van der Waals surface area contributed by atoms with Crippen molar-refractivity contribution in [3.8, 4) is 11.3 Å². The number of nitrogens with one attached hydrogen (secondary N) is 1. The molecule has 1 amide bonds. The van der Waals surface area contributed by atoms with Crippen molar-refractivity contribution in [1.82, 2.24) is 14.7 Å². The third kappa shape index (κ3) is 3.98. The van der Waals surface area contributed by atoms with E-state index in [4.69, 9.17) is 4.42 Å². The largest absolute Gasteiger partial charge is 0.451 e. The molecule has 1 N–H and O–H groups in total. The minimum absolute atomic E-state index is 0.231. The topological polar surface area (TPSA) is 59.5 Å².